The molecular formula is C13H16ClN3O2S. The van der Waals surface area contributed by atoms with Crippen molar-refractivity contribution in [2.45, 2.75) is 4.90 Å². The van der Waals surface area contributed by atoms with Crippen LogP contribution in [0.15, 0.2) is 23.1 Å². The maximum Gasteiger partial charge on any atom is 0.251 e. The van der Waals surface area contributed by atoms with Crippen molar-refractivity contribution >= 4 is 41.7 Å². The molecular weight excluding hydrogens is 298 g/mol. The number of hydrogen-bond acceptors (Lipinski definition) is 4. The molecule has 3 N–H and O–H groups in total. The Bertz CT molecular complexity index is 534. The molecule has 0 atom stereocenters. The molecule has 20 heavy (non-hydrogen) atoms. The molecule has 2 heterocycles. The molecule has 1 fully saturated rings. The molecule has 1 saturated heterocycles. The van der Waals surface area contributed by atoms with Gasteiger partial charge in [0.2, 0.25) is 5.91 Å². The lowest BCUT2D eigenvalue weighted by Crippen LogP contribution is -2.48. The van der Waals surface area contributed by atoms with Gasteiger partial charge in [0.15, 0.2) is 0 Å². The van der Waals surface area contributed by atoms with Crippen molar-refractivity contribution in [1.29, 1.82) is 0 Å². The van der Waals surface area contributed by atoms with Crippen LogP contribution in [0.5, 0.6) is 0 Å². The first-order valence-corrected chi connectivity index (χ1v) is 7.26. The first kappa shape index (κ1) is 15.2. The number of carbonyl (C=O) groups excluding carboxylic acids is 2. The Hall–Kier alpha value is -1.24. The van der Waals surface area contributed by atoms with E-state index in [9.17, 15) is 9.59 Å². The zero-order valence-corrected chi connectivity index (χ0v) is 12.4. The van der Waals surface area contributed by atoms with Crippen LogP contribution in [0.1, 0.15) is 10.4 Å². The molecule has 5 nitrogen and oxygen atoms in total. The van der Waals surface area contributed by atoms with Crippen LogP contribution < -0.4 is 16.0 Å². The third-order valence-corrected chi connectivity index (χ3v) is 4.37. The van der Waals surface area contributed by atoms with Gasteiger partial charge in [-0.3, -0.25) is 9.59 Å². The molecule has 1 aromatic rings. The Morgan fingerprint density at radius 1 is 1.40 bits per heavy atom. The molecule has 2 aliphatic heterocycles. The third kappa shape index (κ3) is 3.26. The monoisotopic (exact) mass is 313 g/mol. The van der Waals surface area contributed by atoms with Gasteiger partial charge in [-0.1, -0.05) is 0 Å². The van der Waals surface area contributed by atoms with E-state index in [1.807, 2.05) is 6.07 Å². The number of rotatable bonds is 3. The number of hydrogen-bond donors (Lipinski definition) is 3. The average molecular weight is 314 g/mol. The van der Waals surface area contributed by atoms with Crippen LogP contribution in [-0.4, -0.2) is 37.2 Å². The molecule has 2 amide bonds. The van der Waals surface area contributed by atoms with Crippen LogP contribution in [0, 0.1) is 5.92 Å². The van der Waals surface area contributed by atoms with Gasteiger partial charge in [-0.25, -0.2) is 0 Å². The molecule has 0 aromatic heterocycles. The van der Waals surface area contributed by atoms with Gasteiger partial charge in [-0.2, -0.15) is 0 Å². The second-order valence-corrected chi connectivity index (χ2v) is 5.80. The number of thioether (sulfide) groups is 1. The Balaban J connectivity index is 0.00000147. The summed E-state index contributed by atoms with van der Waals surface area (Å²) in [6, 6.07) is 5.44. The summed E-state index contributed by atoms with van der Waals surface area (Å²) < 4.78 is 0. The highest BCUT2D eigenvalue weighted by atomic mass is 35.5. The molecule has 3 rings (SSSR count). The highest BCUT2D eigenvalue weighted by Crippen LogP contribution is 2.31. The van der Waals surface area contributed by atoms with E-state index in [4.69, 9.17) is 0 Å². The zero-order chi connectivity index (χ0) is 13.2. The van der Waals surface area contributed by atoms with E-state index in [1.54, 1.807) is 12.1 Å². The Morgan fingerprint density at radius 3 is 2.90 bits per heavy atom. The fourth-order valence-corrected chi connectivity index (χ4v) is 2.84. The molecule has 0 bridgehead atoms. The number of carbonyl (C=O) groups is 2. The highest BCUT2D eigenvalue weighted by Gasteiger charge is 2.19. The minimum absolute atomic E-state index is 0. The van der Waals surface area contributed by atoms with Gasteiger partial charge in [-0.05, 0) is 18.2 Å². The summed E-state index contributed by atoms with van der Waals surface area (Å²) in [5.74, 6) is 0.875. The molecule has 0 aliphatic carbocycles. The molecule has 0 radical (unpaired) electrons. The molecule has 1 aromatic carbocycles. The highest BCUT2D eigenvalue weighted by molar-refractivity contribution is 8.00. The number of amides is 2. The fraction of sp³-hybridized carbons (Fsp3) is 0.385. The molecule has 108 valence electrons. The van der Waals surface area contributed by atoms with Crippen molar-refractivity contribution in [3.63, 3.8) is 0 Å². The minimum atomic E-state index is -0.0838. The maximum absolute atomic E-state index is 12.0. The third-order valence-electron chi connectivity index (χ3n) is 3.29. The van der Waals surface area contributed by atoms with Crippen molar-refractivity contribution in [2.75, 3.05) is 30.7 Å². The lowest BCUT2D eigenvalue weighted by Gasteiger charge is -2.27. The Labute approximate surface area is 127 Å². The SMILES string of the molecule is Cl.O=C1CSc2ccc(C(=O)NCC3CNC3)cc2N1. The quantitative estimate of drug-likeness (QED) is 0.781. The van der Waals surface area contributed by atoms with Gasteiger partial charge in [0.25, 0.3) is 5.91 Å². The predicted molar refractivity (Wildman–Crippen MR) is 81.7 cm³/mol. The van der Waals surface area contributed by atoms with E-state index < -0.39 is 0 Å². The van der Waals surface area contributed by atoms with Crippen molar-refractivity contribution < 1.29 is 9.59 Å². The first-order chi connectivity index (χ1) is 9.22. The fourth-order valence-electron chi connectivity index (χ4n) is 2.06. The summed E-state index contributed by atoms with van der Waals surface area (Å²) in [4.78, 5) is 24.3. The van der Waals surface area contributed by atoms with Crippen molar-refractivity contribution in [1.82, 2.24) is 10.6 Å². The van der Waals surface area contributed by atoms with Gasteiger partial charge >= 0.3 is 0 Å². The van der Waals surface area contributed by atoms with E-state index in [1.165, 1.54) is 11.8 Å². The lowest BCUT2D eigenvalue weighted by atomic mass is 10.0. The van der Waals surface area contributed by atoms with Crippen LogP contribution in [0.2, 0.25) is 0 Å². The topological polar surface area (TPSA) is 70.2 Å². The number of anilines is 1. The predicted octanol–water partition coefficient (Wildman–Crippen LogP) is 1.10. The number of nitrogens with one attached hydrogen (secondary N) is 3. The van der Waals surface area contributed by atoms with Crippen molar-refractivity contribution in [3.05, 3.63) is 23.8 Å². The van der Waals surface area contributed by atoms with E-state index in [2.05, 4.69) is 16.0 Å². The van der Waals surface area contributed by atoms with Gasteiger partial charge in [0, 0.05) is 36.0 Å². The summed E-state index contributed by atoms with van der Waals surface area (Å²) >= 11 is 1.50. The summed E-state index contributed by atoms with van der Waals surface area (Å²) in [6.45, 7) is 2.64. The standard InChI is InChI=1S/C13H15N3O2S.ClH/c17-12-7-19-11-2-1-9(3-10(11)16-12)13(18)15-6-8-4-14-5-8;/h1-3,8,14H,4-7H2,(H,15,18)(H,16,17);1H. The van der Waals surface area contributed by atoms with Gasteiger partial charge in [0.05, 0.1) is 11.4 Å². The number of benzene rings is 1. The largest absolute Gasteiger partial charge is 0.352 e. The Kier molecular flexibility index (Phi) is 4.91. The van der Waals surface area contributed by atoms with E-state index >= 15 is 0 Å². The first-order valence-electron chi connectivity index (χ1n) is 6.28. The van der Waals surface area contributed by atoms with E-state index in [0.29, 0.717) is 23.8 Å². The molecule has 0 spiro atoms. The summed E-state index contributed by atoms with van der Waals surface area (Å²) in [5, 5.41) is 8.88. The minimum Gasteiger partial charge on any atom is -0.352 e. The summed E-state index contributed by atoms with van der Waals surface area (Å²) in [6.07, 6.45) is 0. The Morgan fingerprint density at radius 2 is 2.20 bits per heavy atom. The van der Waals surface area contributed by atoms with Gasteiger partial charge in [-0.15, -0.1) is 24.2 Å². The second-order valence-electron chi connectivity index (χ2n) is 4.78. The number of halogens is 1. The molecule has 7 heteroatoms. The zero-order valence-electron chi connectivity index (χ0n) is 10.8. The van der Waals surface area contributed by atoms with Gasteiger partial charge < -0.3 is 16.0 Å². The molecule has 2 aliphatic rings. The van der Waals surface area contributed by atoms with Crippen LogP contribution in [0.4, 0.5) is 5.69 Å². The van der Waals surface area contributed by atoms with Gasteiger partial charge in [0.1, 0.15) is 0 Å². The van der Waals surface area contributed by atoms with Crippen LogP contribution in [-0.2, 0) is 4.79 Å². The number of fused-ring (bicyclic) bond motifs is 1. The average Bonchev–Trinajstić information content (AvgIpc) is 2.35. The summed E-state index contributed by atoms with van der Waals surface area (Å²) in [5.41, 5.74) is 1.33. The van der Waals surface area contributed by atoms with E-state index in [0.717, 1.165) is 23.7 Å². The smallest absolute Gasteiger partial charge is 0.251 e. The van der Waals surface area contributed by atoms with E-state index in [-0.39, 0.29) is 24.2 Å². The maximum atomic E-state index is 12.0. The van der Waals surface area contributed by atoms with Crippen molar-refractivity contribution in [2.24, 2.45) is 5.92 Å². The van der Waals surface area contributed by atoms with Crippen molar-refractivity contribution in [3.8, 4) is 0 Å². The van der Waals surface area contributed by atoms with Crippen LogP contribution in [0.25, 0.3) is 0 Å². The summed E-state index contributed by atoms with van der Waals surface area (Å²) in [7, 11) is 0. The normalized spacial score (nSPS) is 17.3. The second kappa shape index (κ2) is 6.47. The van der Waals surface area contributed by atoms with Crippen LogP contribution >= 0.6 is 24.2 Å². The lowest BCUT2D eigenvalue weighted by molar-refractivity contribution is -0.113. The molecule has 0 unspecified atom stereocenters. The molecule has 0 saturated carbocycles. The van der Waals surface area contributed by atoms with Crippen LogP contribution in [0.3, 0.4) is 0 Å².